The van der Waals surface area contributed by atoms with Gasteiger partial charge >= 0.3 is 0 Å². The molecule has 20 heavy (non-hydrogen) atoms. The van der Waals surface area contributed by atoms with Crippen LogP contribution in [-0.2, 0) is 4.74 Å². The van der Waals surface area contributed by atoms with Gasteiger partial charge in [0.15, 0.2) is 0 Å². The number of hydrogen-bond acceptors (Lipinski definition) is 4. The van der Waals surface area contributed by atoms with Crippen LogP contribution in [0.2, 0.25) is 0 Å². The highest BCUT2D eigenvalue weighted by Gasteiger charge is 2.20. The minimum atomic E-state index is -0.754. The molecule has 4 heteroatoms. The van der Waals surface area contributed by atoms with Gasteiger partial charge in [0.05, 0.1) is 12.2 Å². The molecule has 2 atom stereocenters. The quantitative estimate of drug-likeness (QED) is 0.730. The Bertz CT molecular complexity index is 376. The summed E-state index contributed by atoms with van der Waals surface area (Å²) in [4.78, 5) is 0. The molecule has 0 aliphatic heterocycles. The van der Waals surface area contributed by atoms with Gasteiger partial charge in [-0.25, -0.2) is 0 Å². The molecular weight excluding hydrogens is 254 g/mol. The van der Waals surface area contributed by atoms with Crippen molar-refractivity contribution in [3.8, 4) is 5.75 Å². The smallest absolute Gasteiger partial charge is 0.119 e. The summed E-state index contributed by atoms with van der Waals surface area (Å²) in [5, 5.41) is 13.5. The summed E-state index contributed by atoms with van der Waals surface area (Å²) in [6.07, 6.45) is 0.618. The van der Waals surface area contributed by atoms with Gasteiger partial charge in [0.25, 0.3) is 0 Å². The zero-order chi connectivity index (χ0) is 15.0. The Morgan fingerprint density at radius 2 is 1.95 bits per heavy atom. The van der Waals surface area contributed by atoms with E-state index in [1.165, 1.54) is 5.56 Å². The Balaban J connectivity index is 2.47. The van der Waals surface area contributed by atoms with Gasteiger partial charge in [0.1, 0.15) is 5.75 Å². The van der Waals surface area contributed by atoms with Gasteiger partial charge in [-0.2, -0.15) is 0 Å². The highest BCUT2D eigenvalue weighted by molar-refractivity contribution is 5.28. The first-order valence-electron chi connectivity index (χ1n) is 7.16. The maximum absolute atomic E-state index is 10.2. The monoisotopic (exact) mass is 281 g/mol. The van der Waals surface area contributed by atoms with Crippen LogP contribution in [0.3, 0.4) is 0 Å². The van der Waals surface area contributed by atoms with Crippen molar-refractivity contribution in [3.63, 3.8) is 0 Å². The van der Waals surface area contributed by atoms with Gasteiger partial charge < -0.3 is 19.9 Å². The fourth-order valence-corrected chi connectivity index (χ4v) is 1.92. The zero-order valence-electron chi connectivity index (χ0n) is 13.0. The first kappa shape index (κ1) is 17.0. The van der Waals surface area contributed by atoms with Crippen LogP contribution < -0.4 is 10.1 Å². The van der Waals surface area contributed by atoms with Gasteiger partial charge in [0.2, 0.25) is 0 Å². The lowest BCUT2D eigenvalue weighted by atomic mass is 10.0. The number of methoxy groups -OCH3 is 1. The SMILES string of the molecule is CCOc1ccc(C(C)NCC(C)(O)CCOC)cc1. The lowest BCUT2D eigenvalue weighted by molar-refractivity contribution is 0.0231. The van der Waals surface area contributed by atoms with Crippen molar-refractivity contribution < 1.29 is 14.6 Å². The van der Waals surface area contributed by atoms with Gasteiger partial charge in [-0.1, -0.05) is 12.1 Å². The predicted octanol–water partition coefficient (Wildman–Crippen LogP) is 2.52. The number of benzene rings is 1. The van der Waals surface area contributed by atoms with Crippen LogP contribution in [0.5, 0.6) is 5.75 Å². The average molecular weight is 281 g/mol. The molecule has 2 unspecified atom stereocenters. The Morgan fingerprint density at radius 1 is 1.30 bits per heavy atom. The van der Waals surface area contributed by atoms with E-state index in [1.807, 2.05) is 38.1 Å². The summed E-state index contributed by atoms with van der Waals surface area (Å²) in [7, 11) is 1.64. The molecule has 0 aliphatic carbocycles. The second kappa shape index (κ2) is 8.25. The van der Waals surface area contributed by atoms with E-state index in [4.69, 9.17) is 9.47 Å². The van der Waals surface area contributed by atoms with Crippen LogP contribution in [0.4, 0.5) is 0 Å². The largest absolute Gasteiger partial charge is 0.494 e. The number of ether oxygens (including phenoxy) is 2. The lowest BCUT2D eigenvalue weighted by Crippen LogP contribution is -2.39. The van der Waals surface area contributed by atoms with Crippen molar-refractivity contribution >= 4 is 0 Å². The Kier molecular flexibility index (Phi) is 6.99. The number of rotatable bonds is 9. The minimum Gasteiger partial charge on any atom is -0.494 e. The van der Waals surface area contributed by atoms with Crippen molar-refractivity contribution in [3.05, 3.63) is 29.8 Å². The molecule has 2 N–H and O–H groups in total. The van der Waals surface area contributed by atoms with E-state index in [0.717, 1.165) is 5.75 Å². The second-order valence-electron chi connectivity index (χ2n) is 5.34. The molecule has 4 nitrogen and oxygen atoms in total. The number of hydrogen-bond donors (Lipinski definition) is 2. The molecule has 0 amide bonds. The third-order valence-corrected chi connectivity index (χ3v) is 3.32. The third-order valence-electron chi connectivity index (χ3n) is 3.32. The fraction of sp³-hybridized carbons (Fsp3) is 0.625. The molecule has 0 saturated carbocycles. The number of nitrogens with one attached hydrogen (secondary N) is 1. The molecule has 1 aromatic carbocycles. The molecule has 0 saturated heterocycles. The van der Waals surface area contributed by atoms with Crippen molar-refractivity contribution in [2.24, 2.45) is 0 Å². The zero-order valence-corrected chi connectivity index (χ0v) is 13.0. The normalized spacial score (nSPS) is 15.7. The van der Waals surface area contributed by atoms with Crippen LogP contribution in [0, 0.1) is 0 Å². The van der Waals surface area contributed by atoms with Crippen molar-refractivity contribution in [2.75, 3.05) is 26.9 Å². The summed E-state index contributed by atoms with van der Waals surface area (Å²) < 4.78 is 10.4. The number of aliphatic hydroxyl groups is 1. The highest BCUT2D eigenvalue weighted by Crippen LogP contribution is 2.18. The van der Waals surface area contributed by atoms with Crippen LogP contribution in [0.25, 0.3) is 0 Å². The van der Waals surface area contributed by atoms with Crippen molar-refractivity contribution in [1.29, 1.82) is 0 Å². The molecule has 0 bridgehead atoms. The Labute approximate surface area is 122 Å². The minimum absolute atomic E-state index is 0.180. The first-order chi connectivity index (χ1) is 9.48. The summed E-state index contributed by atoms with van der Waals surface area (Å²) in [6.45, 7) is 7.65. The molecule has 114 valence electrons. The molecule has 1 rings (SSSR count). The molecular formula is C16H27NO3. The second-order valence-corrected chi connectivity index (χ2v) is 5.34. The predicted molar refractivity (Wildman–Crippen MR) is 81.1 cm³/mol. The van der Waals surface area contributed by atoms with Gasteiger partial charge in [-0.3, -0.25) is 0 Å². The van der Waals surface area contributed by atoms with E-state index in [1.54, 1.807) is 7.11 Å². The molecule has 0 heterocycles. The van der Waals surface area contributed by atoms with Crippen molar-refractivity contribution in [1.82, 2.24) is 5.32 Å². The summed E-state index contributed by atoms with van der Waals surface area (Å²) in [6, 6.07) is 8.22. The van der Waals surface area contributed by atoms with Crippen LogP contribution >= 0.6 is 0 Å². The first-order valence-corrected chi connectivity index (χ1v) is 7.16. The molecule has 0 aromatic heterocycles. The maximum atomic E-state index is 10.2. The van der Waals surface area contributed by atoms with Gasteiger partial charge in [-0.05, 0) is 38.5 Å². The van der Waals surface area contributed by atoms with Gasteiger partial charge in [-0.15, -0.1) is 0 Å². The van der Waals surface area contributed by atoms with E-state index < -0.39 is 5.60 Å². The van der Waals surface area contributed by atoms with Gasteiger partial charge in [0, 0.05) is 32.7 Å². The topological polar surface area (TPSA) is 50.7 Å². The molecule has 0 fully saturated rings. The Hall–Kier alpha value is -1.10. The molecule has 0 radical (unpaired) electrons. The van der Waals surface area contributed by atoms with Crippen LogP contribution in [0.15, 0.2) is 24.3 Å². The molecule has 1 aromatic rings. The van der Waals surface area contributed by atoms with E-state index in [9.17, 15) is 5.11 Å². The highest BCUT2D eigenvalue weighted by atomic mass is 16.5. The standard InChI is InChI=1S/C16H27NO3/c1-5-20-15-8-6-14(7-9-15)13(2)17-12-16(3,18)10-11-19-4/h6-9,13,17-18H,5,10-12H2,1-4H3. The van der Waals surface area contributed by atoms with E-state index in [0.29, 0.717) is 26.2 Å². The van der Waals surface area contributed by atoms with E-state index in [-0.39, 0.29) is 6.04 Å². The Morgan fingerprint density at radius 3 is 2.50 bits per heavy atom. The summed E-state index contributed by atoms with van der Waals surface area (Å²) >= 11 is 0. The molecule has 0 spiro atoms. The summed E-state index contributed by atoms with van der Waals surface area (Å²) in [5.74, 6) is 0.885. The lowest BCUT2D eigenvalue weighted by Gasteiger charge is -2.26. The summed E-state index contributed by atoms with van der Waals surface area (Å²) in [5.41, 5.74) is 0.422. The maximum Gasteiger partial charge on any atom is 0.119 e. The van der Waals surface area contributed by atoms with E-state index >= 15 is 0 Å². The van der Waals surface area contributed by atoms with Crippen LogP contribution in [-0.4, -0.2) is 37.6 Å². The third kappa shape index (κ3) is 5.90. The van der Waals surface area contributed by atoms with Crippen molar-refractivity contribution in [2.45, 2.75) is 38.8 Å². The average Bonchev–Trinajstić information content (AvgIpc) is 2.44. The molecule has 0 aliphatic rings. The van der Waals surface area contributed by atoms with E-state index in [2.05, 4.69) is 12.2 Å². The van der Waals surface area contributed by atoms with Crippen LogP contribution in [0.1, 0.15) is 38.8 Å². The fourth-order valence-electron chi connectivity index (χ4n) is 1.92.